The van der Waals surface area contributed by atoms with Crippen molar-refractivity contribution < 1.29 is 4.79 Å². The monoisotopic (exact) mass is 359 g/mol. The highest BCUT2D eigenvalue weighted by molar-refractivity contribution is 5.99. The number of hydrogen-bond donors (Lipinski definition) is 1. The van der Waals surface area contributed by atoms with Crippen LogP contribution < -0.4 is 5.32 Å². The molecule has 0 saturated carbocycles. The minimum absolute atomic E-state index is 0.0488. The van der Waals surface area contributed by atoms with E-state index in [1.165, 1.54) is 5.56 Å². The molecule has 27 heavy (non-hydrogen) atoms. The highest BCUT2D eigenvalue weighted by atomic mass is 16.2. The first-order chi connectivity index (χ1) is 13.1. The van der Waals surface area contributed by atoms with Gasteiger partial charge in [-0.05, 0) is 36.0 Å². The number of amides is 1. The highest BCUT2D eigenvalue weighted by Crippen LogP contribution is 2.36. The van der Waals surface area contributed by atoms with Crippen LogP contribution in [0.25, 0.3) is 5.69 Å². The van der Waals surface area contributed by atoms with Crippen LogP contribution in [0.1, 0.15) is 59.7 Å². The Hall–Kier alpha value is -2.88. The molecule has 138 valence electrons. The molecule has 4 rings (SSSR count). The van der Waals surface area contributed by atoms with Crippen LogP contribution in [0, 0.1) is 5.92 Å². The maximum absolute atomic E-state index is 13.0. The average Bonchev–Trinajstić information content (AvgIpc) is 3.21. The minimum atomic E-state index is -0.134. The Balaban J connectivity index is 1.93. The van der Waals surface area contributed by atoms with Gasteiger partial charge in [-0.15, -0.1) is 0 Å². The van der Waals surface area contributed by atoms with Gasteiger partial charge in [0.1, 0.15) is 5.69 Å². The number of carbonyl (C=O) groups is 1. The number of para-hydroxylation sites is 1. The largest absolute Gasteiger partial charge is 0.340 e. The third-order valence-corrected chi connectivity index (χ3v) is 5.11. The standard InChI is InChI=1S/C23H25N3O/c1-4-16-10-8-9-13-19(16)26-22-20(18(25-26)14-15(2)3)21(24-23(22)27)17-11-6-5-7-12-17/h5-13,15,21H,4,14H2,1-3H3,(H,24,27). The maximum Gasteiger partial charge on any atom is 0.271 e. The number of fused-ring (bicyclic) bond motifs is 1. The predicted molar refractivity (Wildman–Crippen MR) is 107 cm³/mol. The van der Waals surface area contributed by atoms with E-state index in [-0.39, 0.29) is 11.9 Å². The summed E-state index contributed by atoms with van der Waals surface area (Å²) in [6.45, 7) is 6.50. The maximum atomic E-state index is 13.0. The lowest BCUT2D eigenvalue weighted by Gasteiger charge is -2.14. The van der Waals surface area contributed by atoms with E-state index in [4.69, 9.17) is 5.10 Å². The fourth-order valence-corrected chi connectivity index (χ4v) is 3.89. The Morgan fingerprint density at radius 2 is 1.78 bits per heavy atom. The Labute approximate surface area is 160 Å². The van der Waals surface area contributed by atoms with Crippen LogP contribution in [0.5, 0.6) is 0 Å². The molecular formula is C23H25N3O. The van der Waals surface area contributed by atoms with Crippen molar-refractivity contribution in [1.82, 2.24) is 15.1 Å². The SMILES string of the molecule is CCc1ccccc1-n1nc(CC(C)C)c2c1C(=O)NC2c1ccccc1. The van der Waals surface area contributed by atoms with E-state index in [0.717, 1.165) is 35.3 Å². The molecule has 0 bridgehead atoms. The van der Waals surface area contributed by atoms with E-state index < -0.39 is 0 Å². The third-order valence-electron chi connectivity index (χ3n) is 5.11. The second kappa shape index (κ2) is 7.03. The second-order valence-corrected chi connectivity index (χ2v) is 7.52. The number of nitrogens with zero attached hydrogens (tertiary/aromatic N) is 2. The molecule has 0 fully saturated rings. The van der Waals surface area contributed by atoms with E-state index in [9.17, 15) is 4.79 Å². The van der Waals surface area contributed by atoms with Gasteiger partial charge in [0.2, 0.25) is 0 Å². The molecule has 0 radical (unpaired) electrons. The summed E-state index contributed by atoms with van der Waals surface area (Å²) in [4.78, 5) is 13.0. The number of rotatable bonds is 5. The lowest BCUT2D eigenvalue weighted by molar-refractivity contribution is 0.0953. The average molecular weight is 359 g/mol. The predicted octanol–water partition coefficient (Wildman–Crippen LogP) is 4.47. The van der Waals surface area contributed by atoms with E-state index in [2.05, 4.69) is 44.3 Å². The third kappa shape index (κ3) is 3.05. The normalized spacial score (nSPS) is 15.9. The summed E-state index contributed by atoms with van der Waals surface area (Å²) < 4.78 is 1.87. The van der Waals surface area contributed by atoms with Gasteiger partial charge in [0.25, 0.3) is 5.91 Å². The molecule has 2 heterocycles. The lowest BCUT2D eigenvalue weighted by atomic mass is 9.96. The van der Waals surface area contributed by atoms with Gasteiger partial charge >= 0.3 is 0 Å². The van der Waals surface area contributed by atoms with Crippen LogP contribution >= 0.6 is 0 Å². The molecule has 1 N–H and O–H groups in total. The van der Waals surface area contributed by atoms with Gasteiger partial charge in [0, 0.05) is 5.56 Å². The van der Waals surface area contributed by atoms with Gasteiger partial charge in [-0.1, -0.05) is 69.3 Å². The molecule has 3 aromatic rings. The first-order valence-electron chi connectivity index (χ1n) is 9.66. The summed E-state index contributed by atoms with van der Waals surface area (Å²) >= 11 is 0. The molecule has 4 nitrogen and oxygen atoms in total. The van der Waals surface area contributed by atoms with Gasteiger partial charge in [0.15, 0.2) is 0 Å². The van der Waals surface area contributed by atoms with Crippen LogP contribution in [-0.4, -0.2) is 15.7 Å². The molecule has 1 aliphatic rings. The zero-order valence-electron chi connectivity index (χ0n) is 16.1. The molecule has 0 saturated heterocycles. The van der Waals surface area contributed by atoms with Crippen LogP contribution in [-0.2, 0) is 12.8 Å². The van der Waals surface area contributed by atoms with Gasteiger partial charge < -0.3 is 5.32 Å². The van der Waals surface area contributed by atoms with Crippen molar-refractivity contribution in [3.8, 4) is 5.69 Å². The van der Waals surface area contributed by atoms with Gasteiger partial charge in [-0.2, -0.15) is 5.10 Å². The first kappa shape index (κ1) is 17.5. The number of hydrogen-bond acceptors (Lipinski definition) is 2. The Kier molecular flexibility index (Phi) is 4.56. The second-order valence-electron chi connectivity index (χ2n) is 7.52. The Morgan fingerprint density at radius 1 is 1.07 bits per heavy atom. The quantitative estimate of drug-likeness (QED) is 0.731. The summed E-state index contributed by atoms with van der Waals surface area (Å²) in [5.41, 5.74) is 6.01. The van der Waals surface area contributed by atoms with Crippen molar-refractivity contribution in [2.75, 3.05) is 0 Å². The van der Waals surface area contributed by atoms with Crippen LogP contribution in [0.4, 0.5) is 0 Å². The van der Waals surface area contributed by atoms with E-state index in [1.807, 2.05) is 41.1 Å². The summed E-state index contributed by atoms with van der Waals surface area (Å²) in [6.07, 6.45) is 1.75. The number of aryl methyl sites for hydroxylation is 1. The zero-order chi connectivity index (χ0) is 19.0. The van der Waals surface area contributed by atoms with Crippen molar-refractivity contribution in [1.29, 1.82) is 0 Å². The van der Waals surface area contributed by atoms with Crippen molar-refractivity contribution in [3.63, 3.8) is 0 Å². The van der Waals surface area contributed by atoms with Gasteiger partial charge in [-0.25, -0.2) is 4.68 Å². The molecule has 1 aliphatic heterocycles. The van der Waals surface area contributed by atoms with Crippen molar-refractivity contribution in [3.05, 3.63) is 82.7 Å². The fourth-order valence-electron chi connectivity index (χ4n) is 3.89. The lowest BCUT2D eigenvalue weighted by Crippen LogP contribution is -2.23. The van der Waals surface area contributed by atoms with Gasteiger partial charge in [-0.3, -0.25) is 4.79 Å². The number of aromatic nitrogens is 2. The Bertz CT molecular complexity index is 973. The summed E-state index contributed by atoms with van der Waals surface area (Å²) in [5, 5.41) is 8.11. The summed E-state index contributed by atoms with van der Waals surface area (Å²) in [6, 6.07) is 18.2. The van der Waals surface area contributed by atoms with Crippen LogP contribution in [0.15, 0.2) is 54.6 Å². The molecular weight excluding hydrogens is 334 g/mol. The first-order valence-corrected chi connectivity index (χ1v) is 9.66. The van der Waals surface area contributed by atoms with Gasteiger partial charge in [0.05, 0.1) is 17.4 Å². The van der Waals surface area contributed by atoms with Crippen molar-refractivity contribution >= 4 is 5.91 Å². The molecule has 1 aromatic heterocycles. The van der Waals surface area contributed by atoms with E-state index in [1.54, 1.807) is 0 Å². The molecule has 2 aromatic carbocycles. The minimum Gasteiger partial charge on any atom is -0.340 e. The van der Waals surface area contributed by atoms with E-state index >= 15 is 0 Å². The van der Waals surface area contributed by atoms with Crippen LogP contribution in [0.2, 0.25) is 0 Å². The molecule has 1 amide bonds. The molecule has 1 atom stereocenters. The molecule has 1 unspecified atom stereocenters. The number of benzene rings is 2. The molecule has 0 spiro atoms. The number of nitrogens with one attached hydrogen (secondary N) is 1. The van der Waals surface area contributed by atoms with Crippen molar-refractivity contribution in [2.45, 2.75) is 39.7 Å². The summed E-state index contributed by atoms with van der Waals surface area (Å²) in [5.74, 6) is 0.415. The number of carbonyl (C=O) groups excluding carboxylic acids is 1. The highest BCUT2D eigenvalue weighted by Gasteiger charge is 2.37. The fraction of sp³-hybridized carbons (Fsp3) is 0.304. The zero-order valence-corrected chi connectivity index (χ0v) is 16.1. The van der Waals surface area contributed by atoms with E-state index in [0.29, 0.717) is 11.6 Å². The molecule has 0 aliphatic carbocycles. The summed E-state index contributed by atoms with van der Waals surface area (Å²) in [7, 11) is 0. The van der Waals surface area contributed by atoms with Crippen molar-refractivity contribution in [2.24, 2.45) is 5.92 Å². The Morgan fingerprint density at radius 3 is 2.48 bits per heavy atom. The van der Waals surface area contributed by atoms with Crippen LogP contribution in [0.3, 0.4) is 0 Å². The molecule has 4 heteroatoms. The topological polar surface area (TPSA) is 46.9 Å². The smallest absolute Gasteiger partial charge is 0.271 e.